The van der Waals surface area contributed by atoms with E-state index >= 15 is 0 Å². The Hall–Kier alpha value is -1.15. The summed E-state index contributed by atoms with van der Waals surface area (Å²) < 4.78 is 0. The van der Waals surface area contributed by atoms with Gasteiger partial charge in [0.1, 0.15) is 0 Å². The Labute approximate surface area is 162 Å². The molecule has 0 fully saturated rings. The number of hydrogen-bond donors (Lipinski definition) is 0. The summed E-state index contributed by atoms with van der Waals surface area (Å²) in [7, 11) is 0. The fraction of sp³-hybridized carbons (Fsp3) is 0.708. The maximum Gasteiger partial charge on any atom is 0.157 e. The third kappa shape index (κ3) is 7.61. The van der Waals surface area contributed by atoms with Crippen LogP contribution in [0.25, 0.3) is 0 Å². The molecule has 148 valence electrons. The SMILES string of the molecule is CCCCCCC(CCCCC)C(=O)[C@@H](c1ccccc1)N(CC)CC. The van der Waals surface area contributed by atoms with E-state index in [0.29, 0.717) is 5.78 Å². The molecule has 0 N–H and O–H groups in total. The van der Waals surface area contributed by atoms with Crippen molar-refractivity contribution < 1.29 is 4.79 Å². The zero-order chi connectivity index (χ0) is 19.2. The van der Waals surface area contributed by atoms with Gasteiger partial charge in [0.2, 0.25) is 0 Å². The Balaban J connectivity index is 2.94. The first-order valence-electron chi connectivity index (χ1n) is 11.0. The summed E-state index contributed by atoms with van der Waals surface area (Å²) in [6, 6.07) is 10.3. The Morgan fingerprint density at radius 1 is 0.808 bits per heavy atom. The molecule has 0 radical (unpaired) electrons. The summed E-state index contributed by atoms with van der Waals surface area (Å²) in [6.07, 6.45) is 10.7. The Bertz CT molecular complexity index is 466. The minimum atomic E-state index is -0.0796. The lowest BCUT2D eigenvalue weighted by Gasteiger charge is -2.32. The highest BCUT2D eigenvalue weighted by molar-refractivity contribution is 5.87. The van der Waals surface area contributed by atoms with Crippen molar-refractivity contribution in [2.45, 2.75) is 91.5 Å². The highest BCUT2D eigenvalue weighted by Crippen LogP contribution is 2.29. The molecular formula is C24H41NO. The van der Waals surface area contributed by atoms with E-state index in [-0.39, 0.29) is 12.0 Å². The molecule has 2 atom stereocenters. The second kappa shape index (κ2) is 14.0. The van der Waals surface area contributed by atoms with Gasteiger partial charge in [-0.05, 0) is 31.5 Å². The summed E-state index contributed by atoms with van der Waals surface area (Å²) in [5.74, 6) is 0.664. The first-order chi connectivity index (χ1) is 12.7. The monoisotopic (exact) mass is 359 g/mol. The third-order valence-corrected chi connectivity index (χ3v) is 5.53. The van der Waals surface area contributed by atoms with Gasteiger partial charge in [-0.1, -0.05) is 103 Å². The first-order valence-corrected chi connectivity index (χ1v) is 11.0. The number of carbonyl (C=O) groups excluding carboxylic acids is 1. The van der Waals surface area contributed by atoms with Crippen molar-refractivity contribution in [1.29, 1.82) is 0 Å². The number of unbranched alkanes of at least 4 members (excludes halogenated alkanes) is 5. The van der Waals surface area contributed by atoms with Crippen LogP contribution in [0, 0.1) is 5.92 Å². The molecule has 1 unspecified atom stereocenters. The van der Waals surface area contributed by atoms with Gasteiger partial charge in [-0.25, -0.2) is 0 Å². The Morgan fingerprint density at radius 2 is 1.35 bits per heavy atom. The van der Waals surface area contributed by atoms with Crippen molar-refractivity contribution in [2.75, 3.05) is 13.1 Å². The molecule has 0 aliphatic rings. The van der Waals surface area contributed by atoms with Crippen LogP contribution in [0.5, 0.6) is 0 Å². The maximum absolute atomic E-state index is 13.6. The van der Waals surface area contributed by atoms with E-state index in [1.807, 2.05) is 6.07 Å². The lowest BCUT2D eigenvalue weighted by Crippen LogP contribution is -2.37. The molecule has 0 aliphatic heterocycles. The topological polar surface area (TPSA) is 20.3 Å². The zero-order valence-electron chi connectivity index (χ0n) is 17.7. The van der Waals surface area contributed by atoms with Crippen LogP contribution in [0.4, 0.5) is 0 Å². The molecular weight excluding hydrogens is 318 g/mol. The van der Waals surface area contributed by atoms with Gasteiger partial charge in [0.05, 0.1) is 6.04 Å². The average Bonchev–Trinajstić information content (AvgIpc) is 2.68. The number of rotatable bonds is 15. The molecule has 0 saturated carbocycles. The normalized spacial score (nSPS) is 13.7. The van der Waals surface area contributed by atoms with Gasteiger partial charge in [0.15, 0.2) is 5.78 Å². The molecule has 0 heterocycles. The molecule has 2 heteroatoms. The molecule has 0 amide bonds. The van der Waals surface area contributed by atoms with Crippen molar-refractivity contribution in [3.8, 4) is 0 Å². The summed E-state index contributed by atoms with van der Waals surface area (Å²) in [5, 5.41) is 0. The third-order valence-electron chi connectivity index (χ3n) is 5.53. The highest BCUT2D eigenvalue weighted by Gasteiger charge is 2.31. The van der Waals surface area contributed by atoms with Crippen LogP contribution >= 0.6 is 0 Å². The van der Waals surface area contributed by atoms with Gasteiger partial charge >= 0.3 is 0 Å². The van der Waals surface area contributed by atoms with Crippen LogP contribution in [0.3, 0.4) is 0 Å². The minimum absolute atomic E-state index is 0.0796. The molecule has 0 saturated heterocycles. The standard InChI is InChI=1S/C24H41NO/c1-5-9-11-14-20-22(19-13-10-6-2)24(26)23(25(7-3)8-4)21-17-15-12-16-18-21/h12,15-18,22-23H,5-11,13-14,19-20H2,1-4H3/t22?,23-/m1/s1. The van der Waals surface area contributed by atoms with Crippen molar-refractivity contribution in [3.63, 3.8) is 0 Å². The van der Waals surface area contributed by atoms with Gasteiger partial charge in [-0.3, -0.25) is 9.69 Å². The number of carbonyl (C=O) groups is 1. The second-order valence-corrected chi connectivity index (χ2v) is 7.48. The number of likely N-dealkylation sites (N-methyl/N-ethyl adjacent to an activating group) is 1. The van der Waals surface area contributed by atoms with Crippen molar-refractivity contribution in [1.82, 2.24) is 4.90 Å². The predicted octanol–water partition coefficient (Wildman–Crippen LogP) is 6.81. The Morgan fingerprint density at radius 3 is 1.88 bits per heavy atom. The van der Waals surface area contributed by atoms with Gasteiger partial charge in [-0.2, -0.15) is 0 Å². The van der Waals surface area contributed by atoms with Crippen LogP contribution < -0.4 is 0 Å². The summed E-state index contributed by atoms with van der Waals surface area (Å²) >= 11 is 0. The van der Waals surface area contributed by atoms with Crippen molar-refractivity contribution in [2.24, 2.45) is 5.92 Å². The molecule has 0 spiro atoms. The highest BCUT2D eigenvalue weighted by atomic mass is 16.1. The molecule has 0 aromatic heterocycles. The van der Waals surface area contributed by atoms with Crippen LogP contribution in [0.1, 0.15) is 97.1 Å². The van der Waals surface area contributed by atoms with Crippen LogP contribution in [0.15, 0.2) is 30.3 Å². The van der Waals surface area contributed by atoms with Gasteiger partial charge in [-0.15, -0.1) is 0 Å². The van der Waals surface area contributed by atoms with Gasteiger partial charge < -0.3 is 0 Å². The lowest BCUT2D eigenvalue weighted by molar-refractivity contribution is -0.129. The van der Waals surface area contributed by atoms with E-state index in [4.69, 9.17) is 0 Å². The van der Waals surface area contributed by atoms with E-state index in [0.717, 1.165) is 31.5 Å². The number of benzene rings is 1. The van der Waals surface area contributed by atoms with Crippen LogP contribution in [-0.4, -0.2) is 23.8 Å². The van der Waals surface area contributed by atoms with Crippen molar-refractivity contribution >= 4 is 5.78 Å². The van der Waals surface area contributed by atoms with Gasteiger partial charge in [0.25, 0.3) is 0 Å². The molecule has 0 bridgehead atoms. The smallest absolute Gasteiger partial charge is 0.157 e. The van der Waals surface area contributed by atoms with Crippen LogP contribution in [0.2, 0.25) is 0 Å². The van der Waals surface area contributed by atoms with E-state index in [1.54, 1.807) is 0 Å². The fourth-order valence-corrected chi connectivity index (χ4v) is 3.89. The summed E-state index contributed by atoms with van der Waals surface area (Å²) in [4.78, 5) is 15.9. The summed E-state index contributed by atoms with van der Waals surface area (Å²) in [5.41, 5.74) is 1.16. The molecule has 26 heavy (non-hydrogen) atoms. The number of hydrogen-bond acceptors (Lipinski definition) is 2. The predicted molar refractivity (Wildman–Crippen MR) is 114 cm³/mol. The molecule has 1 rings (SSSR count). The molecule has 1 aromatic rings. The van der Waals surface area contributed by atoms with E-state index < -0.39 is 0 Å². The van der Waals surface area contributed by atoms with Crippen LogP contribution in [-0.2, 0) is 4.79 Å². The van der Waals surface area contributed by atoms with E-state index in [9.17, 15) is 4.79 Å². The fourth-order valence-electron chi connectivity index (χ4n) is 3.89. The quantitative estimate of drug-likeness (QED) is 0.321. The first kappa shape index (κ1) is 22.9. The zero-order valence-corrected chi connectivity index (χ0v) is 17.7. The summed E-state index contributed by atoms with van der Waals surface area (Å²) in [6.45, 7) is 10.6. The number of Topliss-reactive ketones (excluding diaryl/α,β-unsaturated/α-hetero) is 1. The average molecular weight is 360 g/mol. The van der Waals surface area contributed by atoms with E-state index in [2.05, 4.69) is 56.9 Å². The Kier molecular flexibility index (Phi) is 12.3. The maximum atomic E-state index is 13.6. The minimum Gasteiger partial charge on any atom is -0.297 e. The van der Waals surface area contributed by atoms with E-state index in [1.165, 1.54) is 44.9 Å². The number of ketones is 1. The largest absolute Gasteiger partial charge is 0.297 e. The number of nitrogens with zero attached hydrogens (tertiary/aromatic N) is 1. The molecule has 0 aliphatic carbocycles. The van der Waals surface area contributed by atoms with Gasteiger partial charge in [0, 0.05) is 5.92 Å². The molecule has 2 nitrogen and oxygen atoms in total. The lowest BCUT2D eigenvalue weighted by atomic mass is 9.85. The van der Waals surface area contributed by atoms with Crippen molar-refractivity contribution in [3.05, 3.63) is 35.9 Å². The molecule has 1 aromatic carbocycles. The second-order valence-electron chi connectivity index (χ2n) is 7.48.